The lowest BCUT2D eigenvalue weighted by molar-refractivity contribution is -0.111. The minimum Gasteiger partial charge on any atom is -0.478 e. The zero-order chi connectivity index (χ0) is 13.9. The molecule has 0 aliphatic heterocycles. The Kier molecular flexibility index (Phi) is 5.10. The average molecular weight is 377 g/mol. The van der Waals surface area contributed by atoms with E-state index in [1.807, 2.05) is 0 Å². The van der Waals surface area contributed by atoms with Gasteiger partial charge in [-0.2, -0.15) is 0 Å². The smallest absolute Gasteiger partial charge is 0.337 e. The van der Waals surface area contributed by atoms with Crippen molar-refractivity contribution in [2.75, 3.05) is 5.32 Å². The molecule has 6 heteroatoms. The van der Waals surface area contributed by atoms with E-state index in [4.69, 9.17) is 5.11 Å². The van der Waals surface area contributed by atoms with Gasteiger partial charge in [-0.3, -0.25) is 4.79 Å². The minimum atomic E-state index is -1.11. The van der Waals surface area contributed by atoms with Gasteiger partial charge in [0, 0.05) is 15.0 Å². The summed E-state index contributed by atoms with van der Waals surface area (Å²) in [6.45, 7) is 3.57. The molecule has 0 radical (unpaired) electrons. The van der Waals surface area contributed by atoms with Gasteiger partial charge in [-0.05, 0) is 41.9 Å². The molecule has 0 heterocycles. The highest BCUT2D eigenvalue weighted by atomic mass is 79.9. The van der Waals surface area contributed by atoms with E-state index in [2.05, 4.69) is 37.2 Å². The predicted molar refractivity (Wildman–Crippen MR) is 76.9 cm³/mol. The Morgan fingerprint density at radius 2 is 1.89 bits per heavy atom. The molecule has 1 aromatic carbocycles. The molecule has 0 aliphatic carbocycles. The molecule has 0 aromatic heterocycles. The predicted octanol–water partition coefficient (Wildman–Crippen LogP) is 3.81. The monoisotopic (exact) mass is 375 g/mol. The zero-order valence-corrected chi connectivity index (χ0v) is 12.9. The number of carbonyl (C=O) groups excluding carboxylic acids is 1. The summed E-state index contributed by atoms with van der Waals surface area (Å²) in [7, 11) is 0. The van der Waals surface area contributed by atoms with Gasteiger partial charge in [-0.1, -0.05) is 21.5 Å². The van der Waals surface area contributed by atoms with Crippen molar-refractivity contribution in [3.8, 4) is 0 Å². The number of carboxylic acid groups (broad SMARTS) is 1. The molecule has 0 aliphatic rings. The number of rotatable bonds is 3. The summed E-state index contributed by atoms with van der Waals surface area (Å²) in [6, 6.07) is 3.11. The first-order valence-electron chi connectivity index (χ1n) is 4.99. The molecule has 1 amide bonds. The van der Waals surface area contributed by atoms with Crippen molar-refractivity contribution in [1.82, 2.24) is 0 Å². The second-order valence-electron chi connectivity index (χ2n) is 3.83. The first-order valence-corrected chi connectivity index (χ1v) is 6.58. The number of benzene rings is 1. The Bertz CT molecular complexity index is 534. The van der Waals surface area contributed by atoms with Gasteiger partial charge >= 0.3 is 5.97 Å². The van der Waals surface area contributed by atoms with Gasteiger partial charge in [-0.25, -0.2) is 4.79 Å². The number of carbonyl (C=O) groups is 2. The molecule has 96 valence electrons. The summed E-state index contributed by atoms with van der Waals surface area (Å²) in [6.07, 6.45) is 1.40. The fraction of sp³-hybridized carbons (Fsp3) is 0.167. The van der Waals surface area contributed by atoms with Crippen LogP contribution in [-0.2, 0) is 4.79 Å². The fourth-order valence-electron chi connectivity index (χ4n) is 1.29. The average Bonchev–Trinajstić information content (AvgIpc) is 2.20. The maximum Gasteiger partial charge on any atom is 0.337 e. The number of hydrogen-bond acceptors (Lipinski definition) is 2. The lowest BCUT2D eigenvalue weighted by Crippen LogP contribution is -2.13. The summed E-state index contributed by atoms with van der Waals surface area (Å²) < 4.78 is 1.12. The summed E-state index contributed by atoms with van der Waals surface area (Å²) in [4.78, 5) is 22.7. The lowest BCUT2D eigenvalue weighted by atomic mass is 10.1. The summed E-state index contributed by atoms with van der Waals surface area (Å²) in [5, 5.41) is 11.7. The molecule has 0 spiro atoms. The molecule has 1 rings (SSSR count). The highest BCUT2D eigenvalue weighted by molar-refractivity contribution is 9.11. The second kappa shape index (κ2) is 6.15. The van der Waals surface area contributed by atoms with Crippen molar-refractivity contribution in [1.29, 1.82) is 0 Å². The van der Waals surface area contributed by atoms with Crippen molar-refractivity contribution in [3.05, 3.63) is 38.3 Å². The van der Waals surface area contributed by atoms with Crippen molar-refractivity contribution in [2.24, 2.45) is 0 Å². The van der Waals surface area contributed by atoms with Crippen LogP contribution in [0.3, 0.4) is 0 Å². The van der Waals surface area contributed by atoms with Crippen molar-refractivity contribution >= 4 is 49.4 Å². The van der Waals surface area contributed by atoms with Crippen LogP contribution in [0.15, 0.2) is 32.7 Å². The SMILES string of the molecule is CC(C)=CC(=O)Nc1c(Br)cc(Br)cc1C(=O)O. The van der Waals surface area contributed by atoms with Crippen LogP contribution in [0.4, 0.5) is 5.69 Å². The van der Waals surface area contributed by atoms with Crippen LogP contribution in [0.25, 0.3) is 0 Å². The lowest BCUT2D eigenvalue weighted by Gasteiger charge is -2.10. The Morgan fingerprint density at radius 1 is 1.28 bits per heavy atom. The molecular formula is C12H11Br2NO3. The minimum absolute atomic E-state index is 0.0201. The van der Waals surface area contributed by atoms with E-state index in [9.17, 15) is 9.59 Å². The molecule has 0 saturated heterocycles. The number of aromatic carboxylic acids is 1. The van der Waals surface area contributed by atoms with E-state index < -0.39 is 5.97 Å². The van der Waals surface area contributed by atoms with E-state index in [0.29, 0.717) is 8.95 Å². The van der Waals surface area contributed by atoms with E-state index in [0.717, 1.165) is 5.57 Å². The summed E-state index contributed by atoms with van der Waals surface area (Å²) in [5.41, 5.74) is 1.09. The molecule has 0 atom stereocenters. The quantitative estimate of drug-likeness (QED) is 0.788. The highest BCUT2D eigenvalue weighted by Crippen LogP contribution is 2.30. The maximum absolute atomic E-state index is 11.6. The standard InChI is InChI=1S/C12H11Br2NO3/c1-6(2)3-10(16)15-11-8(12(17)18)4-7(13)5-9(11)14/h3-5H,1-2H3,(H,15,16)(H,17,18). The number of amides is 1. The van der Waals surface area contributed by atoms with Crippen LogP contribution in [0.2, 0.25) is 0 Å². The Hall–Kier alpha value is -1.14. The Morgan fingerprint density at radius 3 is 2.39 bits per heavy atom. The Balaban J connectivity index is 3.19. The number of anilines is 1. The normalized spacial score (nSPS) is 9.78. The molecule has 0 saturated carbocycles. The molecule has 0 unspecified atom stereocenters. The van der Waals surface area contributed by atoms with Crippen LogP contribution in [-0.4, -0.2) is 17.0 Å². The van der Waals surface area contributed by atoms with Gasteiger partial charge in [0.1, 0.15) is 0 Å². The molecule has 4 nitrogen and oxygen atoms in total. The number of nitrogens with one attached hydrogen (secondary N) is 1. The van der Waals surface area contributed by atoms with E-state index in [1.165, 1.54) is 12.1 Å². The first-order chi connectivity index (χ1) is 8.31. The highest BCUT2D eigenvalue weighted by Gasteiger charge is 2.16. The Labute approximate surface area is 121 Å². The third-order valence-corrected chi connectivity index (χ3v) is 3.04. The largest absolute Gasteiger partial charge is 0.478 e. The van der Waals surface area contributed by atoms with Crippen LogP contribution < -0.4 is 5.32 Å². The molecule has 18 heavy (non-hydrogen) atoms. The van der Waals surface area contributed by atoms with Gasteiger partial charge in [0.15, 0.2) is 0 Å². The van der Waals surface area contributed by atoms with E-state index >= 15 is 0 Å². The number of halogens is 2. The van der Waals surface area contributed by atoms with Gasteiger partial charge in [0.2, 0.25) is 5.91 Å². The van der Waals surface area contributed by atoms with Gasteiger partial charge in [-0.15, -0.1) is 0 Å². The third kappa shape index (κ3) is 3.96. The number of hydrogen-bond donors (Lipinski definition) is 2. The van der Waals surface area contributed by atoms with E-state index in [-0.39, 0.29) is 17.2 Å². The topological polar surface area (TPSA) is 66.4 Å². The fourth-order valence-corrected chi connectivity index (χ4v) is 2.62. The van der Waals surface area contributed by atoms with Crippen LogP contribution >= 0.6 is 31.9 Å². The first kappa shape index (κ1) is 14.9. The molecule has 0 bridgehead atoms. The summed E-state index contributed by atoms with van der Waals surface area (Å²) in [5.74, 6) is -1.47. The molecule has 1 aromatic rings. The second-order valence-corrected chi connectivity index (χ2v) is 5.60. The molecule has 2 N–H and O–H groups in total. The maximum atomic E-state index is 11.6. The zero-order valence-electron chi connectivity index (χ0n) is 9.75. The molecule has 0 fully saturated rings. The van der Waals surface area contributed by atoms with Crippen LogP contribution in [0.1, 0.15) is 24.2 Å². The number of allylic oxidation sites excluding steroid dienone is 1. The van der Waals surface area contributed by atoms with Crippen LogP contribution in [0, 0.1) is 0 Å². The van der Waals surface area contributed by atoms with Gasteiger partial charge in [0.25, 0.3) is 0 Å². The summed E-state index contributed by atoms with van der Waals surface area (Å²) >= 11 is 6.44. The third-order valence-electron chi connectivity index (χ3n) is 1.95. The van der Waals surface area contributed by atoms with Gasteiger partial charge < -0.3 is 10.4 Å². The van der Waals surface area contributed by atoms with Crippen molar-refractivity contribution in [3.63, 3.8) is 0 Å². The van der Waals surface area contributed by atoms with Crippen molar-refractivity contribution < 1.29 is 14.7 Å². The number of carboxylic acids is 1. The van der Waals surface area contributed by atoms with Gasteiger partial charge in [0.05, 0.1) is 11.3 Å². The molecular weight excluding hydrogens is 366 g/mol. The van der Waals surface area contributed by atoms with Crippen LogP contribution in [0.5, 0.6) is 0 Å². The van der Waals surface area contributed by atoms with Crippen molar-refractivity contribution in [2.45, 2.75) is 13.8 Å². The van der Waals surface area contributed by atoms with E-state index in [1.54, 1.807) is 19.9 Å².